The quantitative estimate of drug-likeness (QED) is 0.356. The van der Waals surface area contributed by atoms with Crippen molar-refractivity contribution in [2.24, 2.45) is 0 Å². The van der Waals surface area contributed by atoms with Crippen LogP contribution in [-0.2, 0) is 10.3 Å². The smallest absolute Gasteiger partial charge is 0.252 e. The molecule has 0 spiro atoms. The zero-order valence-electron chi connectivity index (χ0n) is 18.0. The van der Waals surface area contributed by atoms with E-state index in [1.165, 1.54) is 15.5 Å². The van der Waals surface area contributed by atoms with Crippen molar-refractivity contribution in [3.05, 3.63) is 60.5 Å². The first kappa shape index (κ1) is 20.6. The summed E-state index contributed by atoms with van der Waals surface area (Å²) in [6.45, 7) is 3.44. The van der Waals surface area contributed by atoms with E-state index >= 15 is 0 Å². The van der Waals surface area contributed by atoms with Crippen molar-refractivity contribution in [2.75, 3.05) is 12.3 Å². The van der Waals surface area contributed by atoms with Gasteiger partial charge in [0.15, 0.2) is 22.6 Å². The van der Waals surface area contributed by atoms with Gasteiger partial charge in [0.2, 0.25) is 11.8 Å². The lowest BCUT2D eigenvalue weighted by Gasteiger charge is -2.30. The molecule has 11 nitrogen and oxygen atoms in total. The van der Waals surface area contributed by atoms with Gasteiger partial charge in [-0.2, -0.15) is 14.6 Å². The van der Waals surface area contributed by atoms with E-state index in [2.05, 4.69) is 25.5 Å². The van der Waals surface area contributed by atoms with E-state index < -0.39 is 11.6 Å². The summed E-state index contributed by atoms with van der Waals surface area (Å²) in [7, 11) is 0. The van der Waals surface area contributed by atoms with Crippen LogP contribution in [0.1, 0.15) is 19.4 Å². The predicted molar refractivity (Wildman–Crippen MR) is 120 cm³/mol. The molecular formula is C22H22N8O3. The number of anilines is 1. The summed E-state index contributed by atoms with van der Waals surface area (Å²) in [5.74, 6) is 0.585. The van der Waals surface area contributed by atoms with Crippen molar-refractivity contribution in [3.8, 4) is 11.6 Å². The maximum atomic E-state index is 13.4. The molecule has 33 heavy (non-hydrogen) atoms. The number of aliphatic hydroxyl groups excluding tert-OH is 1. The fraction of sp³-hybridized carbons (Fsp3) is 0.227. The highest BCUT2D eigenvalue weighted by atomic mass is 16.3. The average molecular weight is 446 g/mol. The Kier molecular flexibility index (Phi) is 4.82. The van der Waals surface area contributed by atoms with Crippen LogP contribution in [-0.4, -0.2) is 53.0 Å². The minimum absolute atomic E-state index is 0.0874. The van der Waals surface area contributed by atoms with E-state index in [-0.39, 0.29) is 18.4 Å². The number of nitrogens with one attached hydrogen (secondary N) is 1. The highest BCUT2D eigenvalue weighted by Gasteiger charge is 2.40. The number of carbonyl (C=O) groups is 1. The van der Waals surface area contributed by atoms with Gasteiger partial charge in [-0.05, 0) is 31.5 Å². The molecule has 0 saturated carbocycles. The third-order valence-corrected chi connectivity index (χ3v) is 5.53. The Balaban J connectivity index is 1.71. The summed E-state index contributed by atoms with van der Waals surface area (Å²) in [4.78, 5) is 22.5. The molecule has 11 heteroatoms. The van der Waals surface area contributed by atoms with E-state index in [1.54, 1.807) is 32.2 Å². The van der Waals surface area contributed by atoms with Crippen LogP contribution in [0.5, 0.6) is 0 Å². The van der Waals surface area contributed by atoms with Crippen molar-refractivity contribution >= 4 is 28.5 Å². The van der Waals surface area contributed by atoms with Gasteiger partial charge in [-0.3, -0.25) is 4.79 Å². The van der Waals surface area contributed by atoms with Gasteiger partial charge < -0.3 is 20.6 Å². The van der Waals surface area contributed by atoms with Crippen molar-refractivity contribution < 1.29 is 14.3 Å². The molecule has 0 aliphatic rings. The van der Waals surface area contributed by atoms with Crippen LogP contribution in [0.4, 0.5) is 5.95 Å². The molecule has 0 radical (unpaired) electrons. The van der Waals surface area contributed by atoms with Crippen LogP contribution in [0, 0.1) is 0 Å². The molecule has 5 aromatic rings. The molecule has 4 aromatic heterocycles. The second-order valence-electron chi connectivity index (χ2n) is 7.91. The number of hydrogen-bond acceptors (Lipinski definition) is 8. The molecule has 2 unspecified atom stereocenters. The number of benzene rings is 1. The molecule has 1 amide bonds. The minimum atomic E-state index is -1.28. The lowest BCUT2D eigenvalue weighted by Crippen LogP contribution is -2.49. The molecule has 4 heterocycles. The van der Waals surface area contributed by atoms with Crippen LogP contribution in [0.3, 0.4) is 0 Å². The molecule has 0 aliphatic heterocycles. The summed E-state index contributed by atoms with van der Waals surface area (Å²) < 4.78 is 8.34. The first-order valence-electron chi connectivity index (χ1n) is 10.4. The molecule has 2 atom stereocenters. The number of carbonyl (C=O) groups excluding carboxylic acids is 1. The Hall–Kier alpha value is -4.25. The third-order valence-electron chi connectivity index (χ3n) is 5.53. The highest BCUT2D eigenvalue weighted by Crippen LogP contribution is 2.31. The van der Waals surface area contributed by atoms with Gasteiger partial charge in [0.1, 0.15) is 0 Å². The van der Waals surface area contributed by atoms with E-state index in [9.17, 15) is 9.90 Å². The number of fused-ring (bicyclic) bond motifs is 3. The van der Waals surface area contributed by atoms with E-state index in [1.807, 2.05) is 30.3 Å². The highest BCUT2D eigenvalue weighted by molar-refractivity contribution is 5.94. The minimum Gasteiger partial charge on any atom is -0.461 e. The predicted octanol–water partition coefficient (Wildman–Crippen LogP) is 1.58. The average Bonchev–Trinajstić information content (AvgIpc) is 3.56. The van der Waals surface area contributed by atoms with Crippen LogP contribution in [0.15, 0.2) is 59.3 Å². The number of nitrogens with zero attached hydrogens (tertiary/aromatic N) is 6. The van der Waals surface area contributed by atoms with Crippen LogP contribution in [0.25, 0.3) is 28.3 Å². The maximum Gasteiger partial charge on any atom is 0.252 e. The SMILES string of the molecule is CC(O)CNC(=O)C(C)(c1ccccc1)n1ncc2c1nc(N)n1nc(-c3ccco3)nc21. The molecule has 0 bridgehead atoms. The monoisotopic (exact) mass is 446 g/mol. The largest absolute Gasteiger partial charge is 0.461 e. The van der Waals surface area contributed by atoms with E-state index in [0.29, 0.717) is 33.8 Å². The number of furan rings is 1. The van der Waals surface area contributed by atoms with Gasteiger partial charge in [-0.15, -0.1) is 5.10 Å². The lowest BCUT2D eigenvalue weighted by atomic mass is 9.91. The molecule has 4 N–H and O–H groups in total. The topological polar surface area (TPSA) is 149 Å². The number of aromatic nitrogens is 6. The summed E-state index contributed by atoms with van der Waals surface area (Å²) in [6, 6.07) is 12.7. The number of rotatable bonds is 6. The number of hydrogen-bond donors (Lipinski definition) is 3. The van der Waals surface area contributed by atoms with E-state index in [4.69, 9.17) is 10.2 Å². The fourth-order valence-electron chi connectivity index (χ4n) is 3.77. The standard InChI is InChI=1S/C22H22N8O3/c1-13(31)11-24-20(32)22(2,14-7-4-3-5-8-14)30-19-15(12-25-30)18-26-17(16-9-6-10-33-16)28-29(18)21(23)27-19/h3-10,12-13,31H,11H2,1-2H3,(H2,23,27)(H,24,32). The van der Waals surface area contributed by atoms with Crippen molar-refractivity contribution in [1.29, 1.82) is 0 Å². The zero-order valence-corrected chi connectivity index (χ0v) is 18.0. The normalized spacial score (nSPS) is 14.4. The van der Waals surface area contributed by atoms with Gasteiger partial charge in [-0.25, -0.2) is 9.67 Å². The first-order chi connectivity index (χ1) is 15.9. The van der Waals surface area contributed by atoms with Crippen LogP contribution in [0.2, 0.25) is 0 Å². The second kappa shape index (κ2) is 7.71. The Morgan fingerprint density at radius 3 is 2.70 bits per heavy atom. The fourth-order valence-corrected chi connectivity index (χ4v) is 3.77. The molecule has 0 fully saturated rings. The third kappa shape index (κ3) is 3.29. The molecule has 1 aromatic carbocycles. The van der Waals surface area contributed by atoms with Crippen molar-refractivity contribution in [1.82, 2.24) is 34.7 Å². The van der Waals surface area contributed by atoms with Gasteiger partial charge in [0.25, 0.3) is 5.91 Å². The maximum absolute atomic E-state index is 13.4. The second-order valence-corrected chi connectivity index (χ2v) is 7.91. The summed E-state index contributed by atoms with van der Waals surface area (Å²) in [6.07, 6.45) is 2.42. The number of nitrogens with two attached hydrogens (primary N) is 1. The first-order valence-corrected chi connectivity index (χ1v) is 10.4. The number of nitrogen functional groups attached to an aromatic ring is 1. The summed E-state index contributed by atoms with van der Waals surface area (Å²) in [5.41, 5.74) is 6.44. The molecule has 0 saturated heterocycles. The Morgan fingerprint density at radius 1 is 1.21 bits per heavy atom. The lowest BCUT2D eigenvalue weighted by molar-refractivity contribution is -0.128. The molecular weight excluding hydrogens is 424 g/mol. The number of amides is 1. The Bertz CT molecular complexity index is 1440. The van der Waals surface area contributed by atoms with Gasteiger partial charge >= 0.3 is 0 Å². The van der Waals surface area contributed by atoms with E-state index in [0.717, 1.165) is 0 Å². The Labute approximate surface area is 187 Å². The van der Waals surface area contributed by atoms with Crippen molar-refractivity contribution in [3.63, 3.8) is 0 Å². The van der Waals surface area contributed by atoms with Crippen LogP contribution < -0.4 is 11.1 Å². The zero-order chi connectivity index (χ0) is 23.2. The van der Waals surface area contributed by atoms with Gasteiger partial charge in [0, 0.05) is 6.54 Å². The molecule has 168 valence electrons. The van der Waals surface area contributed by atoms with Gasteiger partial charge in [-0.1, -0.05) is 30.3 Å². The summed E-state index contributed by atoms with van der Waals surface area (Å²) >= 11 is 0. The van der Waals surface area contributed by atoms with Crippen molar-refractivity contribution in [2.45, 2.75) is 25.5 Å². The molecule has 5 rings (SSSR count). The Morgan fingerprint density at radius 2 is 2.00 bits per heavy atom. The molecule has 0 aliphatic carbocycles. The number of aliphatic hydroxyl groups is 1. The van der Waals surface area contributed by atoms with Gasteiger partial charge in [0.05, 0.1) is 24.0 Å². The summed E-state index contributed by atoms with van der Waals surface area (Å²) in [5, 5.41) is 22.0. The van der Waals surface area contributed by atoms with Crippen LogP contribution >= 0.6 is 0 Å².